The number of ether oxygens (including phenoxy) is 2. The fraction of sp³-hybridized carbons (Fsp3) is 0.381. The SMILES string of the molecule is CCN1CCN(S(=O)(=O)c2cccc(NC(=O)COc3ccccc3OC)c2)CC1. The van der Waals surface area contributed by atoms with E-state index in [0.29, 0.717) is 43.4 Å². The third-order valence-electron chi connectivity index (χ3n) is 4.96. The second kappa shape index (κ2) is 9.92. The lowest BCUT2D eigenvalue weighted by Crippen LogP contribution is -2.48. The molecular formula is C21H27N3O5S. The highest BCUT2D eigenvalue weighted by Crippen LogP contribution is 2.26. The first-order chi connectivity index (χ1) is 14.4. The van der Waals surface area contributed by atoms with Crippen LogP contribution in [0.2, 0.25) is 0 Å². The van der Waals surface area contributed by atoms with E-state index in [4.69, 9.17) is 9.47 Å². The molecule has 3 rings (SSSR count). The smallest absolute Gasteiger partial charge is 0.262 e. The molecule has 9 heteroatoms. The monoisotopic (exact) mass is 433 g/mol. The molecule has 1 heterocycles. The summed E-state index contributed by atoms with van der Waals surface area (Å²) in [7, 11) is -2.08. The number of amides is 1. The average molecular weight is 434 g/mol. The molecule has 0 saturated carbocycles. The quantitative estimate of drug-likeness (QED) is 0.686. The van der Waals surface area contributed by atoms with Gasteiger partial charge in [-0.1, -0.05) is 25.1 Å². The summed E-state index contributed by atoms with van der Waals surface area (Å²) in [6.45, 7) is 5.09. The van der Waals surface area contributed by atoms with Gasteiger partial charge in [-0.3, -0.25) is 4.79 Å². The van der Waals surface area contributed by atoms with Crippen molar-refractivity contribution in [1.82, 2.24) is 9.21 Å². The van der Waals surface area contributed by atoms with E-state index in [1.807, 2.05) is 0 Å². The number of carbonyl (C=O) groups excluding carboxylic acids is 1. The maximum atomic E-state index is 13.0. The van der Waals surface area contributed by atoms with E-state index in [-0.39, 0.29) is 11.5 Å². The number of hydrogen-bond donors (Lipinski definition) is 1. The zero-order chi connectivity index (χ0) is 21.6. The first kappa shape index (κ1) is 22.1. The van der Waals surface area contributed by atoms with E-state index in [0.717, 1.165) is 6.54 Å². The van der Waals surface area contributed by atoms with Crippen LogP contribution in [0, 0.1) is 0 Å². The first-order valence-corrected chi connectivity index (χ1v) is 11.3. The van der Waals surface area contributed by atoms with Crippen molar-refractivity contribution < 1.29 is 22.7 Å². The van der Waals surface area contributed by atoms with Gasteiger partial charge in [0.15, 0.2) is 18.1 Å². The van der Waals surface area contributed by atoms with Crippen LogP contribution in [0.1, 0.15) is 6.92 Å². The number of anilines is 1. The molecule has 8 nitrogen and oxygen atoms in total. The van der Waals surface area contributed by atoms with E-state index in [1.54, 1.807) is 42.5 Å². The number of benzene rings is 2. The van der Waals surface area contributed by atoms with Gasteiger partial charge < -0.3 is 19.7 Å². The zero-order valence-corrected chi connectivity index (χ0v) is 18.0. The molecule has 2 aromatic rings. The highest BCUT2D eigenvalue weighted by Gasteiger charge is 2.28. The summed E-state index contributed by atoms with van der Waals surface area (Å²) in [5.74, 6) is 0.589. The van der Waals surface area contributed by atoms with Gasteiger partial charge in [-0.15, -0.1) is 0 Å². The third kappa shape index (κ3) is 5.29. The van der Waals surface area contributed by atoms with E-state index in [9.17, 15) is 13.2 Å². The Bertz CT molecular complexity index is 972. The number of methoxy groups -OCH3 is 1. The van der Waals surface area contributed by atoms with Crippen LogP contribution in [-0.4, -0.2) is 70.0 Å². The minimum atomic E-state index is -3.61. The van der Waals surface area contributed by atoms with Crippen LogP contribution < -0.4 is 14.8 Å². The van der Waals surface area contributed by atoms with Crippen molar-refractivity contribution in [1.29, 1.82) is 0 Å². The van der Waals surface area contributed by atoms with Crippen molar-refractivity contribution in [3.8, 4) is 11.5 Å². The summed E-state index contributed by atoms with van der Waals surface area (Å²) >= 11 is 0. The Morgan fingerprint density at radius 2 is 1.73 bits per heavy atom. The van der Waals surface area contributed by atoms with Crippen LogP contribution in [0.4, 0.5) is 5.69 Å². The van der Waals surface area contributed by atoms with Crippen molar-refractivity contribution in [2.24, 2.45) is 0 Å². The standard InChI is InChI=1S/C21H27N3O5S/c1-3-23-11-13-24(14-12-23)30(26,27)18-8-6-7-17(15-18)22-21(25)16-29-20-10-5-4-9-19(20)28-2/h4-10,15H,3,11-14,16H2,1-2H3,(H,22,25). The van der Waals surface area contributed by atoms with Gasteiger partial charge in [0.1, 0.15) is 0 Å². The highest BCUT2D eigenvalue weighted by molar-refractivity contribution is 7.89. The normalized spacial score (nSPS) is 15.5. The number of carbonyl (C=O) groups is 1. The number of nitrogens with one attached hydrogen (secondary N) is 1. The Kier molecular flexibility index (Phi) is 7.30. The zero-order valence-electron chi connectivity index (χ0n) is 17.2. The van der Waals surface area contributed by atoms with Gasteiger partial charge in [0.2, 0.25) is 10.0 Å². The fourth-order valence-electron chi connectivity index (χ4n) is 3.25. The van der Waals surface area contributed by atoms with Gasteiger partial charge in [0.25, 0.3) is 5.91 Å². The molecule has 0 radical (unpaired) electrons. The molecule has 162 valence electrons. The van der Waals surface area contributed by atoms with Crippen LogP contribution >= 0.6 is 0 Å². The minimum Gasteiger partial charge on any atom is -0.493 e. The van der Waals surface area contributed by atoms with E-state index in [2.05, 4.69) is 17.1 Å². The van der Waals surface area contributed by atoms with Gasteiger partial charge in [-0.2, -0.15) is 4.31 Å². The lowest BCUT2D eigenvalue weighted by atomic mass is 10.3. The lowest BCUT2D eigenvalue weighted by Gasteiger charge is -2.33. The maximum absolute atomic E-state index is 13.0. The van der Waals surface area contributed by atoms with Crippen LogP contribution in [0.3, 0.4) is 0 Å². The number of sulfonamides is 1. The molecule has 1 saturated heterocycles. The largest absolute Gasteiger partial charge is 0.493 e. The van der Waals surface area contributed by atoms with Crippen molar-refractivity contribution in [2.45, 2.75) is 11.8 Å². The molecule has 0 bridgehead atoms. The van der Waals surface area contributed by atoms with Crippen LogP contribution in [0.25, 0.3) is 0 Å². The number of nitrogens with zero attached hydrogens (tertiary/aromatic N) is 2. The van der Waals surface area contributed by atoms with E-state index < -0.39 is 15.9 Å². The Morgan fingerprint density at radius 3 is 2.40 bits per heavy atom. The summed E-state index contributed by atoms with van der Waals surface area (Å²) < 4.78 is 38.1. The third-order valence-corrected chi connectivity index (χ3v) is 6.86. The van der Waals surface area contributed by atoms with Crippen molar-refractivity contribution >= 4 is 21.6 Å². The molecule has 1 aliphatic heterocycles. The minimum absolute atomic E-state index is 0.163. The summed E-state index contributed by atoms with van der Waals surface area (Å²) in [6, 6.07) is 13.3. The molecule has 1 N–H and O–H groups in total. The lowest BCUT2D eigenvalue weighted by molar-refractivity contribution is -0.118. The van der Waals surface area contributed by atoms with Gasteiger partial charge in [0, 0.05) is 31.9 Å². The Hall–Kier alpha value is -2.62. The van der Waals surface area contributed by atoms with E-state index >= 15 is 0 Å². The second-order valence-electron chi connectivity index (χ2n) is 6.85. The van der Waals surface area contributed by atoms with Crippen molar-refractivity contribution in [2.75, 3.05) is 51.8 Å². The summed E-state index contributed by atoms with van der Waals surface area (Å²) in [5.41, 5.74) is 0.400. The molecule has 2 aromatic carbocycles. The summed E-state index contributed by atoms with van der Waals surface area (Å²) in [4.78, 5) is 14.7. The molecule has 0 spiro atoms. The van der Waals surface area contributed by atoms with Crippen LogP contribution in [0.15, 0.2) is 53.4 Å². The number of piperazine rings is 1. The van der Waals surface area contributed by atoms with E-state index in [1.165, 1.54) is 17.5 Å². The average Bonchev–Trinajstić information content (AvgIpc) is 2.78. The van der Waals surface area contributed by atoms with Gasteiger partial charge in [0.05, 0.1) is 12.0 Å². The first-order valence-electron chi connectivity index (χ1n) is 9.82. The van der Waals surface area contributed by atoms with Crippen LogP contribution in [-0.2, 0) is 14.8 Å². The Labute approximate surface area is 177 Å². The van der Waals surface area contributed by atoms with Crippen molar-refractivity contribution in [3.63, 3.8) is 0 Å². The van der Waals surface area contributed by atoms with Crippen LogP contribution in [0.5, 0.6) is 11.5 Å². The predicted molar refractivity (Wildman–Crippen MR) is 114 cm³/mol. The molecule has 1 aliphatic rings. The topological polar surface area (TPSA) is 88.2 Å². The number of rotatable bonds is 8. The summed E-state index contributed by atoms with van der Waals surface area (Å²) in [5, 5.41) is 2.69. The molecule has 0 unspecified atom stereocenters. The molecule has 30 heavy (non-hydrogen) atoms. The predicted octanol–water partition coefficient (Wildman–Crippen LogP) is 2.04. The Balaban J connectivity index is 1.63. The second-order valence-corrected chi connectivity index (χ2v) is 8.79. The highest BCUT2D eigenvalue weighted by atomic mass is 32.2. The molecule has 0 atom stereocenters. The Morgan fingerprint density at radius 1 is 1.03 bits per heavy atom. The number of hydrogen-bond acceptors (Lipinski definition) is 6. The molecular weight excluding hydrogens is 406 g/mol. The van der Waals surface area contributed by atoms with Gasteiger partial charge >= 0.3 is 0 Å². The van der Waals surface area contributed by atoms with Crippen molar-refractivity contribution in [3.05, 3.63) is 48.5 Å². The summed E-state index contributed by atoms with van der Waals surface area (Å²) in [6.07, 6.45) is 0. The number of likely N-dealkylation sites (N-methyl/N-ethyl adjacent to an activating group) is 1. The fourth-order valence-corrected chi connectivity index (χ4v) is 4.72. The molecule has 1 amide bonds. The van der Waals surface area contributed by atoms with Gasteiger partial charge in [-0.05, 0) is 36.9 Å². The number of para-hydroxylation sites is 2. The molecule has 1 fully saturated rings. The molecule has 0 aromatic heterocycles. The van der Waals surface area contributed by atoms with Gasteiger partial charge in [-0.25, -0.2) is 8.42 Å². The maximum Gasteiger partial charge on any atom is 0.262 e. The molecule has 0 aliphatic carbocycles.